The van der Waals surface area contributed by atoms with Gasteiger partial charge in [0.25, 0.3) is 0 Å². The molecular weight excluding hydrogens is 422 g/mol. The van der Waals surface area contributed by atoms with Crippen LogP contribution in [-0.4, -0.2) is 37.9 Å². The number of fused-ring (bicyclic) bond motifs is 1. The molecular formula is C15H21F3IN3O. The molecule has 23 heavy (non-hydrogen) atoms. The van der Waals surface area contributed by atoms with E-state index in [2.05, 4.69) is 15.6 Å². The molecule has 8 heteroatoms. The lowest BCUT2D eigenvalue weighted by Gasteiger charge is -2.14. The van der Waals surface area contributed by atoms with Gasteiger partial charge in [0.2, 0.25) is 0 Å². The van der Waals surface area contributed by atoms with Crippen molar-refractivity contribution < 1.29 is 17.9 Å². The molecule has 0 radical (unpaired) electrons. The fraction of sp³-hybridized carbons (Fsp3) is 0.533. The minimum Gasteiger partial charge on any atom is -0.488 e. The normalized spacial score (nSPS) is 17.0. The van der Waals surface area contributed by atoms with E-state index in [0.717, 1.165) is 17.7 Å². The molecule has 0 aromatic heterocycles. The molecule has 1 atom stereocenters. The number of alkyl halides is 3. The minimum absolute atomic E-state index is 0. The zero-order valence-corrected chi connectivity index (χ0v) is 15.2. The third kappa shape index (κ3) is 6.84. The van der Waals surface area contributed by atoms with Gasteiger partial charge in [-0.3, -0.25) is 0 Å². The van der Waals surface area contributed by atoms with Crippen molar-refractivity contribution in [3.05, 3.63) is 29.8 Å². The number of ether oxygens (including phenoxy) is 1. The van der Waals surface area contributed by atoms with E-state index >= 15 is 0 Å². The van der Waals surface area contributed by atoms with Crippen LogP contribution in [0.15, 0.2) is 29.3 Å². The van der Waals surface area contributed by atoms with E-state index in [4.69, 9.17) is 4.74 Å². The summed E-state index contributed by atoms with van der Waals surface area (Å²) in [6, 6.07) is 7.78. The van der Waals surface area contributed by atoms with Crippen molar-refractivity contribution >= 4 is 29.9 Å². The van der Waals surface area contributed by atoms with E-state index < -0.39 is 12.6 Å². The number of nitrogens with zero attached hydrogens (tertiary/aromatic N) is 1. The molecule has 1 heterocycles. The number of nitrogens with one attached hydrogen (secondary N) is 2. The lowest BCUT2D eigenvalue weighted by atomic mass is 10.1. The highest BCUT2D eigenvalue weighted by atomic mass is 127. The molecule has 130 valence electrons. The summed E-state index contributed by atoms with van der Waals surface area (Å²) in [6.45, 7) is 2.66. The van der Waals surface area contributed by atoms with Gasteiger partial charge >= 0.3 is 6.18 Å². The van der Waals surface area contributed by atoms with Gasteiger partial charge < -0.3 is 15.4 Å². The van der Waals surface area contributed by atoms with E-state index in [-0.39, 0.29) is 36.6 Å². The first-order chi connectivity index (χ1) is 10.5. The molecule has 1 aromatic carbocycles. The number of halogens is 4. The molecule has 0 saturated heterocycles. The van der Waals surface area contributed by atoms with Crippen LogP contribution < -0.4 is 15.4 Å². The predicted molar refractivity (Wildman–Crippen MR) is 94.6 cm³/mol. The second-order valence-electron chi connectivity index (χ2n) is 5.06. The molecule has 1 aliphatic heterocycles. The van der Waals surface area contributed by atoms with Crippen molar-refractivity contribution in [3.8, 4) is 5.75 Å². The number of hydrogen-bond donors (Lipinski definition) is 2. The van der Waals surface area contributed by atoms with Crippen molar-refractivity contribution in [3.63, 3.8) is 0 Å². The van der Waals surface area contributed by atoms with Crippen molar-refractivity contribution in [2.45, 2.75) is 32.0 Å². The smallest absolute Gasteiger partial charge is 0.390 e. The molecule has 0 saturated carbocycles. The summed E-state index contributed by atoms with van der Waals surface area (Å²) < 4.78 is 42.2. The van der Waals surface area contributed by atoms with Crippen LogP contribution >= 0.6 is 24.0 Å². The Labute approximate surface area is 150 Å². The van der Waals surface area contributed by atoms with E-state index in [1.54, 1.807) is 0 Å². The summed E-state index contributed by atoms with van der Waals surface area (Å²) in [7, 11) is 0. The van der Waals surface area contributed by atoms with Gasteiger partial charge in [0.05, 0.1) is 13.0 Å². The maximum Gasteiger partial charge on any atom is 0.390 e. The third-order valence-electron chi connectivity index (χ3n) is 3.21. The Bertz CT molecular complexity index is 498. The monoisotopic (exact) mass is 443 g/mol. The molecule has 0 bridgehead atoms. The van der Waals surface area contributed by atoms with E-state index in [1.165, 1.54) is 0 Å². The minimum atomic E-state index is -4.17. The molecule has 1 aliphatic rings. The predicted octanol–water partition coefficient (Wildman–Crippen LogP) is 3.12. The van der Waals surface area contributed by atoms with Crippen LogP contribution in [-0.2, 0) is 6.42 Å². The molecule has 0 spiro atoms. The van der Waals surface area contributed by atoms with Crippen LogP contribution in [0.4, 0.5) is 13.2 Å². The summed E-state index contributed by atoms with van der Waals surface area (Å²) in [5.41, 5.74) is 1.14. The van der Waals surface area contributed by atoms with Crippen LogP contribution in [0.2, 0.25) is 0 Å². The first-order valence-corrected chi connectivity index (χ1v) is 7.31. The first-order valence-electron chi connectivity index (χ1n) is 7.31. The van der Waals surface area contributed by atoms with Gasteiger partial charge in [-0.25, -0.2) is 4.99 Å². The van der Waals surface area contributed by atoms with Crippen LogP contribution in [0.25, 0.3) is 0 Å². The molecule has 2 rings (SSSR count). The summed E-state index contributed by atoms with van der Waals surface area (Å²) in [4.78, 5) is 4.30. The average molecular weight is 443 g/mol. The molecule has 1 unspecified atom stereocenters. The molecule has 0 fully saturated rings. The number of aliphatic imine (C=N–C) groups is 1. The highest BCUT2D eigenvalue weighted by Gasteiger charge is 2.26. The summed E-state index contributed by atoms with van der Waals surface area (Å²) >= 11 is 0. The molecule has 4 nitrogen and oxygen atoms in total. The van der Waals surface area contributed by atoms with Crippen LogP contribution in [0.1, 0.15) is 18.9 Å². The zero-order chi connectivity index (χ0) is 16.0. The Morgan fingerprint density at radius 3 is 2.70 bits per heavy atom. The Morgan fingerprint density at radius 1 is 1.30 bits per heavy atom. The van der Waals surface area contributed by atoms with Crippen LogP contribution in [0.5, 0.6) is 5.75 Å². The highest BCUT2D eigenvalue weighted by Crippen LogP contribution is 2.28. The Hall–Kier alpha value is -1.19. The van der Waals surface area contributed by atoms with Gasteiger partial charge in [-0.2, -0.15) is 13.2 Å². The first kappa shape index (κ1) is 19.9. The fourth-order valence-electron chi connectivity index (χ4n) is 2.21. The Balaban J connectivity index is 0.00000264. The standard InChI is InChI=1S/C15H20F3N3O.HI/c1-2-19-14(20-8-7-15(16,17)18)21-10-12-9-11-5-3-4-6-13(11)22-12;/h3-6,12H,2,7-10H2,1H3,(H2,19,20,21);1H. The van der Waals surface area contributed by atoms with Crippen molar-refractivity contribution in [1.82, 2.24) is 10.6 Å². The molecule has 2 N–H and O–H groups in total. The van der Waals surface area contributed by atoms with Crippen molar-refractivity contribution in [1.29, 1.82) is 0 Å². The lowest BCUT2D eigenvalue weighted by molar-refractivity contribution is -0.132. The Morgan fingerprint density at radius 2 is 2.04 bits per heavy atom. The maximum atomic E-state index is 12.2. The molecule has 0 aliphatic carbocycles. The SMILES string of the molecule is CCNC(=NCC1Cc2ccccc2O1)NCCC(F)(F)F.I. The number of benzene rings is 1. The quantitative estimate of drug-likeness (QED) is 0.418. The number of guanidine groups is 1. The number of para-hydroxylation sites is 1. The zero-order valence-electron chi connectivity index (χ0n) is 12.8. The van der Waals surface area contributed by atoms with E-state index in [1.807, 2.05) is 31.2 Å². The van der Waals surface area contributed by atoms with Crippen molar-refractivity contribution in [2.24, 2.45) is 4.99 Å². The number of hydrogen-bond acceptors (Lipinski definition) is 2. The summed E-state index contributed by atoms with van der Waals surface area (Å²) in [6.07, 6.45) is -4.36. The fourth-order valence-corrected chi connectivity index (χ4v) is 2.21. The van der Waals surface area contributed by atoms with Crippen molar-refractivity contribution in [2.75, 3.05) is 19.6 Å². The Kier molecular flexibility index (Phi) is 7.93. The molecule has 0 amide bonds. The van der Waals surface area contributed by atoms with E-state index in [9.17, 15) is 13.2 Å². The van der Waals surface area contributed by atoms with Gasteiger partial charge in [0, 0.05) is 19.5 Å². The largest absolute Gasteiger partial charge is 0.488 e. The van der Waals surface area contributed by atoms with Crippen LogP contribution in [0, 0.1) is 0 Å². The van der Waals surface area contributed by atoms with Gasteiger partial charge in [-0.05, 0) is 18.6 Å². The second kappa shape index (κ2) is 9.19. The topological polar surface area (TPSA) is 45.7 Å². The lowest BCUT2D eigenvalue weighted by Crippen LogP contribution is -2.39. The van der Waals surface area contributed by atoms with E-state index in [0.29, 0.717) is 19.0 Å². The van der Waals surface area contributed by atoms with Gasteiger partial charge in [0.15, 0.2) is 5.96 Å². The van der Waals surface area contributed by atoms with Crippen LogP contribution in [0.3, 0.4) is 0 Å². The number of rotatable bonds is 5. The van der Waals surface area contributed by atoms with Gasteiger partial charge in [-0.1, -0.05) is 18.2 Å². The summed E-state index contributed by atoms with van der Waals surface area (Å²) in [5, 5.41) is 5.62. The highest BCUT2D eigenvalue weighted by molar-refractivity contribution is 14.0. The van der Waals surface area contributed by atoms with Gasteiger partial charge in [0.1, 0.15) is 11.9 Å². The maximum absolute atomic E-state index is 12.2. The third-order valence-corrected chi connectivity index (χ3v) is 3.21. The second-order valence-corrected chi connectivity index (χ2v) is 5.06. The summed E-state index contributed by atoms with van der Waals surface area (Å²) in [5.74, 6) is 1.24. The average Bonchev–Trinajstić information content (AvgIpc) is 2.86. The molecule has 1 aromatic rings. The van der Waals surface area contributed by atoms with Gasteiger partial charge in [-0.15, -0.1) is 24.0 Å².